The Morgan fingerprint density at radius 1 is 0.597 bits per heavy atom. The van der Waals surface area contributed by atoms with Crippen LogP contribution in [0.1, 0.15) is 64.5 Å². The van der Waals surface area contributed by atoms with Gasteiger partial charge in [0.2, 0.25) is 11.8 Å². The second-order valence-electron chi connectivity index (χ2n) is 20.9. The molecule has 4 atom stereocenters. The summed E-state index contributed by atoms with van der Waals surface area (Å²) in [7, 11) is 0. The number of rotatable bonds is 13. The first-order valence-electron chi connectivity index (χ1n) is 26.1. The number of nitrogens with zero attached hydrogens (tertiary/aromatic N) is 7. The molecule has 0 bridgehead atoms. The minimum atomic E-state index is -0.214. The fraction of sp³-hybridized carbons (Fsp3) is 0.491. The molecule has 2 amide bonds. The van der Waals surface area contributed by atoms with Gasteiger partial charge in [-0.25, -0.2) is 18.7 Å². The number of nitrogens with one attached hydrogen (secondary N) is 3. The summed E-state index contributed by atoms with van der Waals surface area (Å²) in [5, 5.41) is 9.11. The fourth-order valence-electron chi connectivity index (χ4n) is 11.1. The molecule has 0 radical (unpaired) electrons. The molecular formula is C55H64F2N10O5. The van der Waals surface area contributed by atoms with Crippen molar-refractivity contribution in [2.75, 3.05) is 88.5 Å². The number of amides is 2. The average molecular weight is 983 g/mol. The van der Waals surface area contributed by atoms with Crippen LogP contribution in [-0.2, 0) is 14.3 Å². The molecule has 7 aliphatic rings. The van der Waals surface area contributed by atoms with E-state index in [1.807, 2.05) is 75.0 Å². The minimum Gasteiger partial charge on any atom is -0.488 e. The zero-order valence-electron chi connectivity index (χ0n) is 41.1. The number of ether oxygens (including phenoxy) is 3. The Hall–Kier alpha value is -6.30. The van der Waals surface area contributed by atoms with E-state index in [1.54, 1.807) is 12.1 Å². The van der Waals surface area contributed by atoms with Gasteiger partial charge in [-0.15, -0.1) is 0 Å². The number of halogens is 2. The number of imidazole rings is 2. The van der Waals surface area contributed by atoms with Gasteiger partial charge in [0.25, 0.3) is 0 Å². The number of hydrogen-bond donors (Lipinski definition) is 3. The van der Waals surface area contributed by atoms with Crippen molar-refractivity contribution in [1.82, 2.24) is 40.0 Å². The highest BCUT2D eigenvalue weighted by molar-refractivity contribution is 5.90. The third-order valence-corrected chi connectivity index (χ3v) is 15.9. The van der Waals surface area contributed by atoms with Crippen molar-refractivity contribution in [2.24, 2.45) is 11.8 Å². The van der Waals surface area contributed by atoms with Crippen LogP contribution >= 0.6 is 0 Å². The molecule has 15 nitrogen and oxygen atoms in total. The largest absolute Gasteiger partial charge is 0.488 e. The highest BCUT2D eigenvalue weighted by atomic mass is 19.1. The molecule has 6 aromatic rings. The predicted molar refractivity (Wildman–Crippen MR) is 273 cm³/mol. The topological polar surface area (TPSA) is 143 Å². The van der Waals surface area contributed by atoms with Crippen LogP contribution in [0, 0.1) is 23.5 Å². The van der Waals surface area contributed by atoms with Gasteiger partial charge >= 0.3 is 0 Å². The summed E-state index contributed by atoms with van der Waals surface area (Å²) in [6, 6.07) is 20.5. The van der Waals surface area contributed by atoms with Crippen LogP contribution in [0.3, 0.4) is 0 Å². The van der Waals surface area contributed by atoms with Gasteiger partial charge in [0, 0.05) is 102 Å². The van der Waals surface area contributed by atoms with Crippen LogP contribution in [0.15, 0.2) is 73.3 Å². The number of benzene rings is 4. The second-order valence-corrected chi connectivity index (χ2v) is 20.9. The third kappa shape index (κ3) is 9.58. The maximum Gasteiger partial charge on any atom is 0.220 e. The first-order chi connectivity index (χ1) is 35.1. The molecule has 2 aliphatic carbocycles. The quantitative estimate of drug-likeness (QED) is 0.109. The first kappa shape index (κ1) is 46.8. The Kier molecular flexibility index (Phi) is 12.7. The molecule has 7 fully saturated rings. The van der Waals surface area contributed by atoms with Crippen LogP contribution in [0.2, 0.25) is 0 Å². The van der Waals surface area contributed by atoms with Crippen LogP contribution in [0.4, 0.5) is 20.2 Å². The van der Waals surface area contributed by atoms with E-state index in [2.05, 4.69) is 44.8 Å². The smallest absolute Gasteiger partial charge is 0.220 e. The van der Waals surface area contributed by atoms with Crippen molar-refractivity contribution in [3.05, 3.63) is 85.0 Å². The molecule has 13 rings (SSSR count). The average Bonchev–Trinajstić information content (AvgIpc) is 4.20. The number of anilines is 2. The van der Waals surface area contributed by atoms with E-state index in [4.69, 9.17) is 19.2 Å². The van der Waals surface area contributed by atoms with Crippen LogP contribution < -0.4 is 35.2 Å². The van der Waals surface area contributed by atoms with Crippen molar-refractivity contribution < 1.29 is 32.6 Å². The highest BCUT2D eigenvalue weighted by Gasteiger charge is 2.34. The lowest BCUT2D eigenvalue weighted by Crippen LogP contribution is -2.56. The maximum absolute atomic E-state index is 15.5. The molecule has 72 heavy (non-hydrogen) atoms. The first-order valence-corrected chi connectivity index (χ1v) is 26.1. The number of piperazine rings is 2. The Bertz CT molecular complexity index is 2990. The number of hydrogen-bond acceptors (Lipinski definition) is 11. The second kappa shape index (κ2) is 19.6. The molecule has 4 aromatic carbocycles. The molecule has 5 aliphatic heterocycles. The lowest BCUT2D eigenvalue weighted by Gasteiger charge is -2.43. The highest BCUT2D eigenvalue weighted by Crippen LogP contribution is 2.44. The molecule has 7 heterocycles. The molecule has 0 unspecified atom stereocenters. The summed E-state index contributed by atoms with van der Waals surface area (Å²) in [6.07, 6.45) is 9.01. The summed E-state index contributed by atoms with van der Waals surface area (Å²) < 4.78 is 53.4. The predicted octanol–water partition coefficient (Wildman–Crippen LogP) is 7.09. The molecule has 2 aromatic heterocycles. The van der Waals surface area contributed by atoms with Crippen LogP contribution in [0.5, 0.6) is 11.5 Å². The van der Waals surface area contributed by atoms with Crippen LogP contribution in [0.25, 0.3) is 44.3 Å². The van der Waals surface area contributed by atoms with Gasteiger partial charge in [-0.3, -0.25) is 14.5 Å². The lowest BCUT2D eigenvalue weighted by atomic mass is 10.0. The van der Waals surface area contributed by atoms with Gasteiger partial charge in [-0.2, -0.15) is 0 Å². The number of aromatic nitrogens is 4. The molecule has 0 spiro atoms. The normalized spacial score (nSPS) is 22.6. The van der Waals surface area contributed by atoms with Crippen molar-refractivity contribution in [1.29, 1.82) is 0 Å². The van der Waals surface area contributed by atoms with E-state index in [0.29, 0.717) is 55.4 Å². The van der Waals surface area contributed by atoms with E-state index in [9.17, 15) is 9.59 Å². The van der Waals surface area contributed by atoms with Crippen molar-refractivity contribution in [2.45, 2.75) is 82.7 Å². The van der Waals surface area contributed by atoms with Gasteiger partial charge in [0.15, 0.2) is 0 Å². The Morgan fingerprint density at radius 2 is 1.07 bits per heavy atom. The molecule has 2 saturated carbocycles. The van der Waals surface area contributed by atoms with Gasteiger partial charge in [-0.05, 0) is 110 Å². The molecule has 378 valence electrons. The minimum absolute atomic E-state index is 0.0707. The van der Waals surface area contributed by atoms with Crippen LogP contribution in [-0.4, -0.2) is 133 Å². The van der Waals surface area contributed by atoms with Gasteiger partial charge < -0.3 is 49.1 Å². The zero-order valence-corrected chi connectivity index (χ0v) is 41.1. The lowest BCUT2D eigenvalue weighted by molar-refractivity contribution is -0.120. The SMILES string of the molecule is C[C@@H](Oc1cc(-c2ccc(N3CCN(C4COC4)CC3)c(F)c2)cc2ncn(C3CC3)c12)[C@H]1CNC(=O)C1.C[C@@H](Oc1cc(-c2ccc(N3CCNCC3)c(F)c2)cc2ncn(C3CC3)c12)[C@H]1CNC(=O)C1. The number of fused-ring (bicyclic) bond motifs is 2. The van der Waals surface area contributed by atoms with Crippen molar-refractivity contribution >= 4 is 45.3 Å². The maximum atomic E-state index is 15.5. The molecule has 17 heteroatoms. The number of carbonyl (C=O) groups excluding carboxylic acids is 2. The monoisotopic (exact) mass is 983 g/mol. The van der Waals surface area contributed by atoms with E-state index in [1.165, 1.54) is 0 Å². The summed E-state index contributed by atoms with van der Waals surface area (Å²) >= 11 is 0. The standard InChI is InChI=1S/C29H34FN5O3.C26H30FN5O2/c1-18(21-13-28(36)31-14-21)38-27-12-20(11-25-29(27)35(17-32-25)22-3-4-22)19-2-5-26(24(30)10-19)34-8-6-33(7-9-34)23-15-37-16-23;1-16(19-13-25(33)29-14-19)34-24-12-18(11-22-26(24)32(15-30-22)20-3-4-20)17-2-5-23(21(27)10-17)31-8-6-28-7-9-31/h2,5,10-12,17-18,21-23H,3-4,6-9,13-16H2,1H3,(H,31,36);2,5,10-12,15-16,19-20,28H,3-4,6-9,13-14H2,1H3,(H,29,33)/t18-,21-;16-,19-/m11/s1. The summed E-state index contributed by atoms with van der Waals surface area (Å²) in [5.74, 6) is 1.45. The van der Waals surface area contributed by atoms with E-state index < -0.39 is 0 Å². The van der Waals surface area contributed by atoms with Gasteiger partial charge in [0.05, 0.1) is 54.3 Å². The molecule has 3 N–H and O–H groups in total. The van der Waals surface area contributed by atoms with Gasteiger partial charge in [-0.1, -0.05) is 12.1 Å². The molecule has 5 saturated heterocycles. The fourth-order valence-corrected chi connectivity index (χ4v) is 11.1. The van der Waals surface area contributed by atoms with Crippen molar-refractivity contribution in [3.63, 3.8) is 0 Å². The summed E-state index contributed by atoms with van der Waals surface area (Å²) in [5.41, 5.74) is 8.30. The van der Waals surface area contributed by atoms with E-state index >= 15 is 8.78 Å². The summed E-state index contributed by atoms with van der Waals surface area (Å²) in [6.45, 7) is 13.7. The van der Waals surface area contributed by atoms with Crippen molar-refractivity contribution in [3.8, 4) is 33.8 Å². The zero-order chi connectivity index (χ0) is 49.0. The Morgan fingerprint density at radius 3 is 1.47 bits per heavy atom. The Labute approximate surface area is 418 Å². The van der Waals surface area contributed by atoms with E-state index in [0.717, 1.165) is 147 Å². The Balaban J connectivity index is 0.000000148. The summed E-state index contributed by atoms with van der Waals surface area (Å²) in [4.78, 5) is 39.5. The number of carbonyl (C=O) groups is 2. The van der Waals surface area contributed by atoms with Gasteiger partial charge in [0.1, 0.15) is 46.4 Å². The molecular weight excluding hydrogens is 919 g/mol. The van der Waals surface area contributed by atoms with E-state index in [-0.39, 0.29) is 47.5 Å². The third-order valence-electron chi connectivity index (χ3n) is 15.9.